The molecular formula is C23H20N2O5. The molecule has 1 spiro atoms. The smallest absolute Gasteiger partial charge is 0.231 e. The lowest BCUT2D eigenvalue weighted by Crippen LogP contribution is -2.41. The molecule has 1 N–H and O–H groups in total. The number of anilines is 1. The van der Waals surface area contributed by atoms with Crippen LogP contribution in [-0.2, 0) is 20.9 Å². The van der Waals surface area contributed by atoms with Crippen molar-refractivity contribution < 1.29 is 23.8 Å². The Morgan fingerprint density at radius 2 is 1.97 bits per heavy atom. The number of rotatable bonds is 4. The zero-order valence-electron chi connectivity index (χ0n) is 16.1. The molecule has 2 bridgehead atoms. The number of hydrogen-bond donors (Lipinski definition) is 1. The number of nitrogens with one attached hydrogen (secondary N) is 1. The van der Waals surface area contributed by atoms with Crippen LogP contribution in [0.4, 0.5) is 5.69 Å². The van der Waals surface area contributed by atoms with E-state index in [1.807, 2.05) is 60.7 Å². The Morgan fingerprint density at radius 3 is 2.83 bits per heavy atom. The maximum Gasteiger partial charge on any atom is 0.231 e. The first-order valence-corrected chi connectivity index (χ1v) is 10.0. The minimum absolute atomic E-state index is 0.0484. The molecule has 2 aromatic carbocycles. The van der Waals surface area contributed by atoms with E-state index in [0.29, 0.717) is 30.3 Å². The third kappa shape index (κ3) is 2.55. The minimum Gasteiger partial charge on any atom is -0.454 e. The number of nitrogens with zero attached hydrogens (tertiary/aromatic N) is 1. The van der Waals surface area contributed by atoms with Crippen LogP contribution in [0.2, 0.25) is 0 Å². The third-order valence-corrected chi connectivity index (χ3v) is 6.33. The zero-order chi connectivity index (χ0) is 20.3. The number of fused-ring (bicyclic) bond motifs is 2. The van der Waals surface area contributed by atoms with E-state index in [4.69, 9.17) is 14.2 Å². The van der Waals surface area contributed by atoms with Gasteiger partial charge in [-0.25, -0.2) is 0 Å². The summed E-state index contributed by atoms with van der Waals surface area (Å²) in [7, 11) is 0. The predicted molar refractivity (Wildman–Crippen MR) is 107 cm³/mol. The van der Waals surface area contributed by atoms with E-state index in [0.717, 1.165) is 5.56 Å². The van der Waals surface area contributed by atoms with Gasteiger partial charge in [0.15, 0.2) is 11.5 Å². The fourth-order valence-corrected chi connectivity index (χ4v) is 5.02. The monoisotopic (exact) mass is 404 g/mol. The molecule has 0 aromatic heterocycles. The number of hydrogen-bond acceptors (Lipinski definition) is 5. The van der Waals surface area contributed by atoms with Gasteiger partial charge >= 0.3 is 0 Å². The maximum atomic E-state index is 13.4. The first kappa shape index (κ1) is 17.5. The molecule has 0 saturated carbocycles. The topological polar surface area (TPSA) is 77.1 Å². The molecule has 2 amide bonds. The summed E-state index contributed by atoms with van der Waals surface area (Å²) in [5.41, 5.74) is 0.940. The highest BCUT2D eigenvalue weighted by Crippen LogP contribution is 2.52. The van der Waals surface area contributed by atoms with Gasteiger partial charge in [0.2, 0.25) is 18.6 Å². The summed E-state index contributed by atoms with van der Waals surface area (Å²) in [6.45, 7) is 1.08. The van der Waals surface area contributed by atoms with Crippen molar-refractivity contribution >= 4 is 17.5 Å². The molecule has 152 valence electrons. The summed E-state index contributed by atoms with van der Waals surface area (Å²) in [5, 5.41) is 2.94. The van der Waals surface area contributed by atoms with E-state index >= 15 is 0 Å². The van der Waals surface area contributed by atoms with Gasteiger partial charge in [-0.3, -0.25) is 9.59 Å². The van der Waals surface area contributed by atoms with Gasteiger partial charge in [0, 0.05) is 12.2 Å². The molecule has 4 aliphatic rings. The fourth-order valence-electron chi connectivity index (χ4n) is 5.02. The molecule has 2 aromatic rings. The van der Waals surface area contributed by atoms with E-state index < -0.39 is 17.4 Å². The molecule has 0 radical (unpaired) electrons. The third-order valence-electron chi connectivity index (χ3n) is 6.33. The van der Waals surface area contributed by atoms with Crippen LogP contribution in [0.5, 0.6) is 11.5 Å². The second kappa shape index (κ2) is 6.34. The normalized spacial score (nSPS) is 30.1. The largest absolute Gasteiger partial charge is 0.454 e. The molecule has 0 unspecified atom stereocenters. The minimum atomic E-state index is -0.725. The summed E-state index contributed by atoms with van der Waals surface area (Å²) in [6, 6.07) is 15.0. The number of likely N-dealkylation sites (tertiary alicyclic amines) is 1. The number of carbonyl (C=O) groups is 2. The van der Waals surface area contributed by atoms with Gasteiger partial charge in [0.1, 0.15) is 5.60 Å². The van der Waals surface area contributed by atoms with Crippen LogP contribution < -0.4 is 14.8 Å². The van der Waals surface area contributed by atoms with Gasteiger partial charge < -0.3 is 24.4 Å². The van der Waals surface area contributed by atoms with Crippen molar-refractivity contribution in [3.8, 4) is 11.5 Å². The molecule has 2 fully saturated rings. The Bertz CT molecular complexity index is 1070. The van der Waals surface area contributed by atoms with Crippen molar-refractivity contribution in [3.63, 3.8) is 0 Å². The van der Waals surface area contributed by atoms with Gasteiger partial charge in [-0.1, -0.05) is 36.4 Å². The Hall–Kier alpha value is -3.32. The Labute approximate surface area is 173 Å². The van der Waals surface area contributed by atoms with E-state index in [-0.39, 0.29) is 24.7 Å². The van der Waals surface area contributed by atoms with Crippen molar-refractivity contribution in [1.29, 1.82) is 0 Å². The highest BCUT2D eigenvalue weighted by molar-refractivity contribution is 5.99. The van der Waals surface area contributed by atoms with Crippen molar-refractivity contribution in [1.82, 2.24) is 4.90 Å². The van der Waals surface area contributed by atoms with Gasteiger partial charge in [-0.2, -0.15) is 0 Å². The summed E-state index contributed by atoms with van der Waals surface area (Å²) in [5.74, 6) is 0.127. The van der Waals surface area contributed by atoms with Crippen LogP contribution in [0.1, 0.15) is 5.56 Å². The lowest BCUT2D eigenvalue weighted by Gasteiger charge is -2.23. The van der Waals surface area contributed by atoms with Crippen molar-refractivity contribution in [2.45, 2.75) is 18.2 Å². The number of benzene rings is 2. The zero-order valence-corrected chi connectivity index (χ0v) is 16.1. The average molecular weight is 404 g/mol. The highest BCUT2D eigenvalue weighted by atomic mass is 16.7. The summed E-state index contributed by atoms with van der Waals surface area (Å²) >= 11 is 0. The number of ether oxygens (including phenoxy) is 3. The molecule has 4 heterocycles. The van der Waals surface area contributed by atoms with Gasteiger partial charge in [0.05, 0.1) is 24.5 Å². The van der Waals surface area contributed by atoms with E-state index in [1.165, 1.54) is 0 Å². The van der Waals surface area contributed by atoms with Crippen LogP contribution in [-0.4, -0.2) is 41.8 Å². The van der Waals surface area contributed by atoms with Crippen LogP contribution in [0, 0.1) is 11.8 Å². The van der Waals surface area contributed by atoms with Crippen LogP contribution in [0.15, 0.2) is 60.7 Å². The molecule has 4 atom stereocenters. The van der Waals surface area contributed by atoms with Crippen molar-refractivity contribution in [2.75, 3.05) is 18.7 Å². The lowest BCUT2D eigenvalue weighted by atomic mass is 9.77. The fraction of sp³-hybridized carbons (Fsp3) is 0.304. The quantitative estimate of drug-likeness (QED) is 0.792. The lowest BCUT2D eigenvalue weighted by molar-refractivity contribution is -0.136. The van der Waals surface area contributed by atoms with Crippen LogP contribution in [0.3, 0.4) is 0 Å². The molecule has 2 saturated heterocycles. The summed E-state index contributed by atoms with van der Waals surface area (Å²) in [4.78, 5) is 28.2. The second-order valence-corrected chi connectivity index (χ2v) is 8.14. The first-order valence-electron chi connectivity index (χ1n) is 10.0. The Morgan fingerprint density at radius 1 is 1.13 bits per heavy atom. The predicted octanol–water partition coefficient (Wildman–Crippen LogP) is 2.34. The van der Waals surface area contributed by atoms with E-state index in [1.54, 1.807) is 4.90 Å². The number of carbonyl (C=O) groups excluding carboxylic acids is 2. The van der Waals surface area contributed by atoms with Crippen molar-refractivity contribution in [2.24, 2.45) is 11.8 Å². The SMILES string of the molecule is O=C(Nc1ccccc1)[C@H]1[C@@H]2C=C[C@@]3(CN(Cc4ccc5c(c4)OCO5)C(=O)[C@@H]13)O2. The summed E-state index contributed by atoms with van der Waals surface area (Å²) in [6.07, 6.45) is 3.52. The average Bonchev–Trinajstić information content (AvgIpc) is 3.50. The number of para-hydroxylation sites is 1. The van der Waals surface area contributed by atoms with Gasteiger partial charge in [-0.05, 0) is 29.8 Å². The Kier molecular flexibility index (Phi) is 3.70. The van der Waals surface area contributed by atoms with E-state index in [2.05, 4.69) is 5.32 Å². The molecule has 7 heteroatoms. The molecular weight excluding hydrogens is 384 g/mol. The second-order valence-electron chi connectivity index (χ2n) is 8.14. The Balaban J connectivity index is 1.24. The molecule has 30 heavy (non-hydrogen) atoms. The van der Waals surface area contributed by atoms with Gasteiger partial charge in [-0.15, -0.1) is 0 Å². The summed E-state index contributed by atoms with van der Waals surface area (Å²) < 4.78 is 17.0. The van der Waals surface area contributed by atoms with Crippen LogP contribution >= 0.6 is 0 Å². The maximum absolute atomic E-state index is 13.4. The highest BCUT2D eigenvalue weighted by Gasteiger charge is 2.66. The first-order chi connectivity index (χ1) is 14.6. The molecule has 4 aliphatic heterocycles. The number of amides is 2. The van der Waals surface area contributed by atoms with Gasteiger partial charge in [0.25, 0.3) is 0 Å². The standard InChI is InChI=1S/C23H20N2O5/c26-21(24-15-4-2-1-3-5-15)19-17-8-9-23(30-17)12-25(22(27)20(19)23)11-14-6-7-16-18(10-14)29-13-28-16/h1-10,17,19-20H,11-13H2,(H,24,26)/t17-,19-,20+,23-/m0/s1. The van der Waals surface area contributed by atoms with E-state index in [9.17, 15) is 9.59 Å². The van der Waals surface area contributed by atoms with Crippen LogP contribution in [0.25, 0.3) is 0 Å². The van der Waals surface area contributed by atoms with Crippen molar-refractivity contribution in [3.05, 3.63) is 66.2 Å². The molecule has 0 aliphatic carbocycles. The molecule has 6 rings (SSSR count). The molecule has 7 nitrogen and oxygen atoms in total.